The molecule has 3 N–H and O–H groups in total. The molecule has 0 aliphatic carbocycles. The van der Waals surface area contributed by atoms with Gasteiger partial charge < -0.3 is 15.6 Å². The zero-order chi connectivity index (χ0) is 14.7. The summed E-state index contributed by atoms with van der Waals surface area (Å²) < 4.78 is 2.19. The van der Waals surface area contributed by atoms with Crippen LogP contribution >= 0.6 is 0 Å². The number of amides is 1. The van der Waals surface area contributed by atoms with Crippen LogP contribution in [0.4, 0.5) is 0 Å². The number of primary amides is 1. The summed E-state index contributed by atoms with van der Waals surface area (Å²) in [6.07, 6.45) is 5.95. The Morgan fingerprint density at radius 3 is 3.00 bits per heavy atom. The molecule has 1 aromatic heterocycles. The number of imidazole rings is 1. The summed E-state index contributed by atoms with van der Waals surface area (Å²) in [7, 11) is 0. The van der Waals surface area contributed by atoms with E-state index in [0.717, 1.165) is 37.3 Å². The van der Waals surface area contributed by atoms with Crippen LogP contribution in [0, 0.1) is 5.92 Å². The molecule has 5 heteroatoms. The number of hydrogen-bond acceptors (Lipinski definition) is 3. The van der Waals surface area contributed by atoms with Gasteiger partial charge in [0.05, 0.1) is 0 Å². The van der Waals surface area contributed by atoms with E-state index in [9.17, 15) is 4.79 Å². The first-order valence-corrected chi connectivity index (χ1v) is 7.31. The number of nitrogens with zero attached hydrogens (tertiary/aromatic N) is 2. The Balaban J connectivity index is 1.62. The summed E-state index contributed by atoms with van der Waals surface area (Å²) in [4.78, 5) is 16.0. The lowest BCUT2D eigenvalue weighted by molar-refractivity contribution is -0.120. The second-order valence-electron chi connectivity index (χ2n) is 5.55. The van der Waals surface area contributed by atoms with E-state index in [0.29, 0.717) is 5.92 Å². The summed E-state index contributed by atoms with van der Waals surface area (Å²) in [6, 6.07) is 9.21. The molecule has 1 aliphatic rings. The third-order valence-corrected chi connectivity index (χ3v) is 4.06. The molecular weight excluding hydrogens is 264 g/mol. The first-order valence-electron chi connectivity index (χ1n) is 7.31. The van der Waals surface area contributed by atoms with Gasteiger partial charge in [-0.15, -0.1) is 0 Å². The second kappa shape index (κ2) is 6.10. The molecule has 1 aromatic carbocycles. The minimum atomic E-state index is -0.421. The fourth-order valence-corrected chi connectivity index (χ4v) is 2.92. The van der Waals surface area contributed by atoms with Gasteiger partial charge in [0, 0.05) is 31.9 Å². The molecule has 1 amide bonds. The number of nitrogens with two attached hydrogens (primary N) is 1. The highest BCUT2D eigenvalue weighted by Gasteiger charge is 2.22. The number of fused-ring (bicyclic) bond motifs is 1. The molecule has 1 aliphatic heterocycles. The van der Waals surface area contributed by atoms with Gasteiger partial charge in [0.2, 0.25) is 5.91 Å². The average molecular weight is 284 g/mol. The third-order valence-electron chi connectivity index (χ3n) is 4.06. The summed E-state index contributed by atoms with van der Waals surface area (Å²) >= 11 is 0. The van der Waals surface area contributed by atoms with Gasteiger partial charge in [0.25, 0.3) is 0 Å². The van der Waals surface area contributed by atoms with Gasteiger partial charge in [-0.2, -0.15) is 0 Å². The Morgan fingerprint density at radius 1 is 1.43 bits per heavy atom. The van der Waals surface area contributed by atoms with Gasteiger partial charge in [-0.1, -0.05) is 30.3 Å². The van der Waals surface area contributed by atoms with Crippen molar-refractivity contribution in [2.24, 2.45) is 11.7 Å². The normalized spacial score (nSPS) is 19.0. The number of aromatic nitrogens is 2. The highest BCUT2D eigenvalue weighted by Crippen LogP contribution is 2.19. The number of nitrogens with one attached hydrogen (secondary N) is 1. The lowest BCUT2D eigenvalue weighted by Crippen LogP contribution is -2.38. The van der Waals surface area contributed by atoms with E-state index in [1.165, 1.54) is 0 Å². The van der Waals surface area contributed by atoms with E-state index < -0.39 is 6.04 Å². The maximum atomic E-state index is 11.7. The monoisotopic (exact) mass is 284 g/mol. The van der Waals surface area contributed by atoms with Crippen LogP contribution in [-0.4, -0.2) is 22.0 Å². The lowest BCUT2D eigenvalue weighted by Gasteiger charge is -2.26. The first kappa shape index (κ1) is 13.8. The zero-order valence-corrected chi connectivity index (χ0v) is 11.9. The first-order chi connectivity index (χ1) is 10.2. The molecular formula is C16H20N4O. The highest BCUT2D eigenvalue weighted by molar-refractivity contribution is 5.81. The number of carbonyl (C=O) groups excluding carboxylic acids is 1. The molecule has 0 spiro atoms. The number of benzene rings is 1. The Bertz CT molecular complexity index is 608. The number of rotatable bonds is 5. The topological polar surface area (TPSA) is 72.9 Å². The van der Waals surface area contributed by atoms with E-state index in [1.807, 2.05) is 42.7 Å². The van der Waals surface area contributed by atoms with Gasteiger partial charge in [-0.3, -0.25) is 4.79 Å². The molecule has 0 bridgehead atoms. The number of aryl methyl sites for hydroxylation is 1. The van der Waals surface area contributed by atoms with Crippen LogP contribution in [0.3, 0.4) is 0 Å². The molecule has 2 atom stereocenters. The van der Waals surface area contributed by atoms with Gasteiger partial charge in [-0.05, 0) is 17.9 Å². The Labute approximate surface area is 124 Å². The predicted molar refractivity (Wildman–Crippen MR) is 80.4 cm³/mol. The molecule has 2 aromatic rings. The maximum absolute atomic E-state index is 11.7. The van der Waals surface area contributed by atoms with Crippen LogP contribution < -0.4 is 11.1 Å². The molecule has 21 heavy (non-hydrogen) atoms. The minimum Gasteiger partial charge on any atom is -0.368 e. The van der Waals surface area contributed by atoms with Crippen molar-refractivity contribution < 1.29 is 4.79 Å². The van der Waals surface area contributed by atoms with Crippen LogP contribution in [0.2, 0.25) is 0 Å². The predicted octanol–water partition coefficient (Wildman–Crippen LogP) is 1.26. The van der Waals surface area contributed by atoms with E-state index in [4.69, 9.17) is 5.73 Å². The zero-order valence-electron chi connectivity index (χ0n) is 11.9. The average Bonchev–Trinajstić information content (AvgIpc) is 2.96. The fourth-order valence-electron chi connectivity index (χ4n) is 2.92. The van der Waals surface area contributed by atoms with E-state index in [2.05, 4.69) is 14.9 Å². The van der Waals surface area contributed by atoms with Crippen LogP contribution in [0.15, 0.2) is 42.7 Å². The summed E-state index contributed by atoms with van der Waals surface area (Å²) in [6.45, 7) is 1.72. The quantitative estimate of drug-likeness (QED) is 0.868. The molecule has 110 valence electrons. The Morgan fingerprint density at radius 2 is 2.24 bits per heavy atom. The fraction of sp³-hybridized carbons (Fsp3) is 0.375. The molecule has 5 nitrogen and oxygen atoms in total. The highest BCUT2D eigenvalue weighted by atomic mass is 16.1. The second-order valence-corrected chi connectivity index (χ2v) is 5.55. The van der Waals surface area contributed by atoms with Crippen molar-refractivity contribution in [2.45, 2.75) is 25.4 Å². The summed E-state index contributed by atoms with van der Waals surface area (Å²) in [5.41, 5.74) is 6.45. The summed E-state index contributed by atoms with van der Waals surface area (Å²) in [5, 5.41) is 3.32. The van der Waals surface area contributed by atoms with E-state index in [1.54, 1.807) is 0 Å². The Hall–Kier alpha value is -2.14. The van der Waals surface area contributed by atoms with Gasteiger partial charge in [0.15, 0.2) is 0 Å². The summed E-state index contributed by atoms with van der Waals surface area (Å²) in [5.74, 6) is 1.32. The molecule has 0 radical (unpaired) electrons. The molecule has 0 saturated heterocycles. The van der Waals surface area contributed by atoms with Gasteiger partial charge in [-0.25, -0.2) is 4.98 Å². The van der Waals surface area contributed by atoms with Crippen LogP contribution in [0.25, 0.3) is 0 Å². The van der Waals surface area contributed by atoms with Crippen molar-refractivity contribution in [1.82, 2.24) is 14.9 Å². The largest absolute Gasteiger partial charge is 0.368 e. The molecule has 0 fully saturated rings. The standard InChI is InChI=1S/C16H20N4O/c17-16(21)15(13-4-2-1-3-5-13)19-10-12-6-7-14-18-8-9-20(14)11-12/h1-5,8-9,12,15,19H,6-7,10-11H2,(H2,17,21)/t12-,15+/m1/s1. The van der Waals surface area contributed by atoms with Crippen molar-refractivity contribution >= 4 is 5.91 Å². The van der Waals surface area contributed by atoms with E-state index >= 15 is 0 Å². The SMILES string of the molecule is NC(=O)[C@@H](NC[C@H]1CCc2nccn2C1)c1ccccc1. The third kappa shape index (κ3) is 3.13. The van der Waals surface area contributed by atoms with Gasteiger partial charge >= 0.3 is 0 Å². The van der Waals surface area contributed by atoms with Crippen molar-refractivity contribution in [3.63, 3.8) is 0 Å². The van der Waals surface area contributed by atoms with Crippen molar-refractivity contribution in [3.8, 4) is 0 Å². The van der Waals surface area contributed by atoms with Gasteiger partial charge in [0.1, 0.15) is 11.9 Å². The van der Waals surface area contributed by atoms with Crippen LogP contribution in [0.1, 0.15) is 23.9 Å². The van der Waals surface area contributed by atoms with Crippen molar-refractivity contribution in [2.75, 3.05) is 6.54 Å². The lowest BCUT2D eigenvalue weighted by atomic mass is 9.98. The maximum Gasteiger partial charge on any atom is 0.239 e. The van der Waals surface area contributed by atoms with Crippen LogP contribution in [0.5, 0.6) is 0 Å². The van der Waals surface area contributed by atoms with Crippen molar-refractivity contribution in [3.05, 3.63) is 54.1 Å². The van der Waals surface area contributed by atoms with E-state index in [-0.39, 0.29) is 5.91 Å². The Kier molecular flexibility index (Phi) is 4.01. The van der Waals surface area contributed by atoms with Crippen molar-refractivity contribution in [1.29, 1.82) is 0 Å². The number of carbonyl (C=O) groups is 1. The smallest absolute Gasteiger partial charge is 0.239 e. The molecule has 0 saturated carbocycles. The molecule has 2 heterocycles. The molecule has 3 rings (SSSR count). The minimum absolute atomic E-state index is 0.333. The van der Waals surface area contributed by atoms with Crippen LogP contribution in [-0.2, 0) is 17.8 Å². The molecule has 0 unspecified atom stereocenters. The number of hydrogen-bond donors (Lipinski definition) is 2.